The van der Waals surface area contributed by atoms with Gasteiger partial charge in [0.05, 0.1) is 19.8 Å². The van der Waals surface area contributed by atoms with Crippen LogP contribution < -0.4 is 14.8 Å². The number of carbonyl (C=O) groups excluding carboxylic acids is 1. The minimum atomic E-state index is -1.02. The van der Waals surface area contributed by atoms with E-state index in [9.17, 15) is 14.9 Å². The summed E-state index contributed by atoms with van der Waals surface area (Å²) < 4.78 is 16.2. The van der Waals surface area contributed by atoms with Crippen molar-refractivity contribution in [3.8, 4) is 28.9 Å². The number of carboxylic acid groups (broad SMARTS) is 1. The lowest BCUT2D eigenvalue weighted by molar-refractivity contribution is -0.117. The predicted octanol–water partition coefficient (Wildman–Crippen LogP) is 3.89. The lowest BCUT2D eigenvalue weighted by atomic mass is 10.1. The molecule has 0 radical (unpaired) electrons. The minimum Gasteiger partial charge on any atom is -0.497 e. The van der Waals surface area contributed by atoms with Gasteiger partial charge in [0, 0.05) is 29.8 Å². The fourth-order valence-corrected chi connectivity index (χ4v) is 2.92. The average Bonchev–Trinajstić information content (AvgIpc) is 3.29. The van der Waals surface area contributed by atoms with Gasteiger partial charge in [0.2, 0.25) is 0 Å². The molecule has 0 atom stereocenters. The largest absolute Gasteiger partial charge is 0.497 e. The van der Waals surface area contributed by atoms with E-state index in [1.54, 1.807) is 49.6 Å². The third kappa shape index (κ3) is 5.15. The third-order valence-electron chi connectivity index (χ3n) is 4.63. The standard InChI is InChI=1S/C24H20N2O6/c1-30-19-8-7-17(22(12-19)31-2)14-26-23(27)18(13-25)11-20-9-10-21(32-20)15-3-5-16(6-4-15)24(28)29/h3-12H,14H2,1-2H3,(H,26,27)(H,28,29)/b18-11+. The summed E-state index contributed by atoms with van der Waals surface area (Å²) in [6.45, 7) is 0.157. The number of benzene rings is 2. The number of carboxylic acids is 1. The van der Waals surface area contributed by atoms with Gasteiger partial charge >= 0.3 is 5.97 Å². The normalized spacial score (nSPS) is 10.8. The van der Waals surface area contributed by atoms with E-state index in [1.807, 2.05) is 6.07 Å². The Hall–Kier alpha value is -4.51. The van der Waals surface area contributed by atoms with Crippen LogP contribution in [-0.4, -0.2) is 31.2 Å². The maximum Gasteiger partial charge on any atom is 0.335 e. The van der Waals surface area contributed by atoms with Crippen molar-refractivity contribution < 1.29 is 28.6 Å². The van der Waals surface area contributed by atoms with E-state index in [0.29, 0.717) is 28.6 Å². The molecule has 3 aromatic rings. The molecule has 0 aliphatic carbocycles. The van der Waals surface area contributed by atoms with Gasteiger partial charge in [-0.15, -0.1) is 0 Å². The van der Waals surface area contributed by atoms with Gasteiger partial charge < -0.3 is 24.3 Å². The van der Waals surface area contributed by atoms with Gasteiger partial charge in [0.1, 0.15) is 34.7 Å². The van der Waals surface area contributed by atoms with Crippen LogP contribution in [0.3, 0.4) is 0 Å². The molecular weight excluding hydrogens is 412 g/mol. The van der Waals surface area contributed by atoms with Crippen LogP contribution in [0.15, 0.2) is 64.6 Å². The van der Waals surface area contributed by atoms with Gasteiger partial charge in [-0.1, -0.05) is 12.1 Å². The van der Waals surface area contributed by atoms with Gasteiger partial charge in [0.15, 0.2) is 0 Å². The van der Waals surface area contributed by atoms with Crippen molar-refractivity contribution in [1.82, 2.24) is 5.32 Å². The van der Waals surface area contributed by atoms with Crippen LogP contribution in [0.5, 0.6) is 11.5 Å². The highest BCUT2D eigenvalue weighted by Crippen LogP contribution is 2.25. The monoisotopic (exact) mass is 432 g/mol. The first-order chi connectivity index (χ1) is 15.4. The molecule has 2 aromatic carbocycles. The molecule has 1 aromatic heterocycles. The van der Waals surface area contributed by atoms with E-state index in [2.05, 4.69) is 5.32 Å². The summed E-state index contributed by atoms with van der Waals surface area (Å²) in [7, 11) is 3.07. The summed E-state index contributed by atoms with van der Waals surface area (Å²) in [5, 5.41) is 21.1. The zero-order valence-corrected chi connectivity index (χ0v) is 17.4. The molecule has 0 unspecified atom stereocenters. The molecule has 0 fully saturated rings. The maximum atomic E-state index is 12.5. The third-order valence-corrected chi connectivity index (χ3v) is 4.63. The first-order valence-electron chi connectivity index (χ1n) is 9.49. The number of nitriles is 1. The number of methoxy groups -OCH3 is 2. The van der Waals surface area contributed by atoms with Gasteiger partial charge in [-0.3, -0.25) is 4.79 Å². The lowest BCUT2D eigenvalue weighted by Crippen LogP contribution is -2.24. The Morgan fingerprint density at radius 2 is 1.84 bits per heavy atom. The van der Waals surface area contributed by atoms with Crippen LogP contribution >= 0.6 is 0 Å². The molecule has 0 spiro atoms. The predicted molar refractivity (Wildman–Crippen MR) is 116 cm³/mol. The Bertz CT molecular complexity index is 1200. The van der Waals surface area contributed by atoms with Crippen molar-refractivity contribution in [3.63, 3.8) is 0 Å². The molecule has 2 N–H and O–H groups in total. The summed E-state index contributed by atoms with van der Waals surface area (Å²) >= 11 is 0. The fourth-order valence-electron chi connectivity index (χ4n) is 2.92. The number of carbonyl (C=O) groups is 2. The van der Waals surface area contributed by atoms with Crippen LogP contribution in [0.4, 0.5) is 0 Å². The number of hydrogen-bond donors (Lipinski definition) is 2. The molecule has 0 aliphatic heterocycles. The Labute approximate surface area is 184 Å². The molecule has 162 valence electrons. The molecule has 8 heteroatoms. The van der Waals surface area contributed by atoms with E-state index in [0.717, 1.165) is 5.56 Å². The minimum absolute atomic E-state index is 0.125. The highest BCUT2D eigenvalue weighted by molar-refractivity contribution is 6.01. The van der Waals surface area contributed by atoms with Crippen LogP contribution in [0, 0.1) is 11.3 Å². The Kier molecular flexibility index (Phi) is 6.93. The summed E-state index contributed by atoms with van der Waals surface area (Å²) in [4.78, 5) is 23.5. The molecule has 1 heterocycles. The van der Waals surface area contributed by atoms with E-state index in [-0.39, 0.29) is 17.7 Å². The zero-order chi connectivity index (χ0) is 23.1. The number of rotatable bonds is 8. The summed E-state index contributed by atoms with van der Waals surface area (Å²) in [5.74, 6) is 0.396. The van der Waals surface area contributed by atoms with Crippen LogP contribution in [0.2, 0.25) is 0 Å². The van der Waals surface area contributed by atoms with Crippen LogP contribution in [-0.2, 0) is 11.3 Å². The van der Waals surface area contributed by atoms with Gasteiger partial charge in [-0.05, 0) is 36.4 Å². The lowest BCUT2D eigenvalue weighted by Gasteiger charge is -2.11. The van der Waals surface area contributed by atoms with E-state index >= 15 is 0 Å². The number of aromatic carboxylic acids is 1. The number of nitrogens with one attached hydrogen (secondary N) is 1. The summed E-state index contributed by atoms with van der Waals surface area (Å²) in [6, 6.07) is 16.6. The van der Waals surface area contributed by atoms with Crippen molar-refractivity contribution in [1.29, 1.82) is 5.26 Å². The van der Waals surface area contributed by atoms with Gasteiger partial charge in [-0.25, -0.2) is 4.79 Å². The Balaban J connectivity index is 1.71. The van der Waals surface area contributed by atoms with Crippen molar-refractivity contribution >= 4 is 18.0 Å². The topological polar surface area (TPSA) is 122 Å². The summed E-state index contributed by atoms with van der Waals surface area (Å²) in [6.07, 6.45) is 1.34. The van der Waals surface area contributed by atoms with Crippen LogP contribution in [0.1, 0.15) is 21.7 Å². The highest BCUT2D eigenvalue weighted by atomic mass is 16.5. The molecular formula is C24H20N2O6. The van der Waals surface area contributed by atoms with Crippen molar-refractivity contribution in [2.45, 2.75) is 6.54 Å². The molecule has 8 nitrogen and oxygen atoms in total. The quantitative estimate of drug-likeness (QED) is 0.409. The Morgan fingerprint density at radius 1 is 1.09 bits per heavy atom. The number of nitrogens with zero attached hydrogens (tertiary/aromatic N) is 1. The Morgan fingerprint density at radius 3 is 2.47 bits per heavy atom. The smallest absolute Gasteiger partial charge is 0.335 e. The van der Waals surface area contributed by atoms with E-state index in [4.69, 9.17) is 19.0 Å². The van der Waals surface area contributed by atoms with Crippen molar-refractivity contribution in [3.05, 3.63) is 77.1 Å². The van der Waals surface area contributed by atoms with Gasteiger partial charge in [-0.2, -0.15) is 5.26 Å². The second kappa shape index (κ2) is 10.00. The molecule has 0 saturated heterocycles. The van der Waals surface area contributed by atoms with Crippen LogP contribution in [0.25, 0.3) is 17.4 Å². The molecule has 0 saturated carbocycles. The second-order valence-electron chi connectivity index (χ2n) is 6.61. The summed E-state index contributed by atoms with van der Waals surface area (Å²) in [5.41, 5.74) is 1.44. The van der Waals surface area contributed by atoms with Crippen molar-refractivity contribution in [2.75, 3.05) is 14.2 Å². The average molecular weight is 432 g/mol. The number of hydrogen-bond acceptors (Lipinski definition) is 6. The van der Waals surface area contributed by atoms with E-state index in [1.165, 1.54) is 25.3 Å². The first-order valence-corrected chi connectivity index (χ1v) is 9.49. The van der Waals surface area contributed by atoms with E-state index < -0.39 is 11.9 Å². The van der Waals surface area contributed by atoms with Crippen molar-refractivity contribution in [2.24, 2.45) is 0 Å². The molecule has 0 bridgehead atoms. The fraction of sp³-hybridized carbons (Fsp3) is 0.125. The molecule has 32 heavy (non-hydrogen) atoms. The first kappa shape index (κ1) is 22.2. The number of ether oxygens (including phenoxy) is 2. The number of furan rings is 1. The maximum absolute atomic E-state index is 12.5. The molecule has 0 aliphatic rings. The second-order valence-corrected chi connectivity index (χ2v) is 6.61. The highest BCUT2D eigenvalue weighted by Gasteiger charge is 2.13. The molecule has 1 amide bonds. The molecule has 3 rings (SSSR count). The number of amides is 1. The van der Waals surface area contributed by atoms with Gasteiger partial charge in [0.25, 0.3) is 5.91 Å². The SMILES string of the molecule is COc1ccc(CNC(=O)/C(C#N)=C/c2ccc(-c3ccc(C(=O)O)cc3)o2)c(OC)c1. The zero-order valence-electron chi connectivity index (χ0n) is 17.4.